The fourth-order valence-electron chi connectivity index (χ4n) is 2.35. The second-order valence-electron chi connectivity index (χ2n) is 4.96. The molecule has 5 nitrogen and oxygen atoms in total. The molecule has 1 atom stereocenters. The van der Waals surface area contributed by atoms with Crippen molar-refractivity contribution in [1.82, 2.24) is 9.71 Å². The SMILES string of the molecule is COC(CNS(=O)(=O)c1cccc2cccnc12)c1ccsc1. The highest BCUT2D eigenvalue weighted by Crippen LogP contribution is 2.22. The van der Waals surface area contributed by atoms with Gasteiger partial charge in [-0.05, 0) is 34.5 Å². The third-order valence-electron chi connectivity index (χ3n) is 3.54. The molecule has 0 amide bonds. The predicted octanol–water partition coefficient (Wildman–Crippen LogP) is 2.96. The van der Waals surface area contributed by atoms with Gasteiger partial charge in [-0.15, -0.1) is 0 Å². The standard InChI is InChI=1S/C16H16N2O3S2/c1-21-14(13-7-9-22-11-13)10-18-23(19,20)15-6-2-4-12-5-3-8-17-16(12)15/h2-9,11,14,18H,10H2,1H3. The zero-order valence-electron chi connectivity index (χ0n) is 12.5. The maximum atomic E-state index is 12.6. The first kappa shape index (κ1) is 16.1. The summed E-state index contributed by atoms with van der Waals surface area (Å²) in [6, 6.07) is 10.7. The molecule has 0 aliphatic carbocycles. The predicted molar refractivity (Wildman–Crippen MR) is 91.0 cm³/mol. The summed E-state index contributed by atoms with van der Waals surface area (Å²) in [5.41, 5.74) is 1.42. The van der Waals surface area contributed by atoms with E-state index in [2.05, 4.69) is 9.71 Å². The minimum absolute atomic E-state index is 0.165. The summed E-state index contributed by atoms with van der Waals surface area (Å²) >= 11 is 1.55. The monoisotopic (exact) mass is 348 g/mol. The van der Waals surface area contributed by atoms with Gasteiger partial charge in [-0.25, -0.2) is 13.1 Å². The van der Waals surface area contributed by atoms with Crippen LogP contribution in [0.3, 0.4) is 0 Å². The number of ether oxygens (including phenoxy) is 1. The van der Waals surface area contributed by atoms with Crippen LogP contribution in [0, 0.1) is 0 Å². The molecule has 0 radical (unpaired) electrons. The topological polar surface area (TPSA) is 68.3 Å². The van der Waals surface area contributed by atoms with Crippen molar-refractivity contribution in [2.24, 2.45) is 0 Å². The molecule has 23 heavy (non-hydrogen) atoms. The molecule has 1 N–H and O–H groups in total. The lowest BCUT2D eigenvalue weighted by atomic mass is 10.2. The Morgan fingerprint density at radius 3 is 2.83 bits per heavy atom. The van der Waals surface area contributed by atoms with Gasteiger partial charge in [-0.2, -0.15) is 11.3 Å². The van der Waals surface area contributed by atoms with E-state index in [1.54, 1.807) is 42.8 Å². The molecule has 1 aromatic carbocycles. The Kier molecular flexibility index (Phi) is 4.72. The lowest BCUT2D eigenvalue weighted by molar-refractivity contribution is 0.107. The highest BCUT2D eigenvalue weighted by molar-refractivity contribution is 7.89. The van der Waals surface area contributed by atoms with E-state index in [0.717, 1.165) is 10.9 Å². The van der Waals surface area contributed by atoms with Crippen LogP contribution in [0.5, 0.6) is 0 Å². The van der Waals surface area contributed by atoms with Gasteiger partial charge in [0.1, 0.15) is 4.90 Å². The van der Waals surface area contributed by atoms with Gasteiger partial charge in [0.2, 0.25) is 10.0 Å². The Labute approximate surface area is 139 Å². The van der Waals surface area contributed by atoms with Crippen molar-refractivity contribution in [2.75, 3.05) is 13.7 Å². The number of thiophene rings is 1. The van der Waals surface area contributed by atoms with Gasteiger partial charge in [-0.3, -0.25) is 4.98 Å². The normalized spacial score (nSPS) is 13.3. The van der Waals surface area contributed by atoms with Gasteiger partial charge in [0.25, 0.3) is 0 Å². The molecule has 0 fully saturated rings. The van der Waals surface area contributed by atoms with Crippen LogP contribution in [-0.4, -0.2) is 27.1 Å². The zero-order chi connectivity index (χ0) is 16.3. The van der Waals surface area contributed by atoms with Crippen LogP contribution in [0.1, 0.15) is 11.7 Å². The van der Waals surface area contributed by atoms with Crippen LogP contribution in [0.2, 0.25) is 0 Å². The number of aromatic nitrogens is 1. The molecule has 0 spiro atoms. The lowest BCUT2D eigenvalue weighted by Crippen LogP contribution is -2.29. The number of methoxy groups -OCH3 is 1. The first-order valence-electron chi connectivity index (χ1n) is 7.00. The lowest BCUT2D eigenvalue weighted by Gasteiger charge is -2.15. The molecule has 0 saturated carbocycles. The number of nitrogens with zero attached hydrogens (tertiary/aromatic N) is 1. The van der Waals surface area contributed by atoms with Crippen molar-refractivity contribution in [3.63, 3.8) is 0 Å². The van der Waals surface area contributed by atoms with Crippen molar-refractivity contribution in [3.8, 4) is 0 Å². The van der Waals surface area contributed by atoms with Crippen LogP contribution >= 0.6 is 11.3 Å². The van der Waals surface area contributed by atoms with Crippen LogP contribution in [0.25, 0.3) is 10.9 Å². The minimum atomic E-state index is -3.67. The van der Waals surface area contributed by atoms with Crippen LogP contribution in [0.4, 0.5) is 0 Å². The third kappa shape index (κ3) is 3.42. The number of para-hydroxylation sites is 1. The number of nitrogens with one attached hydrogen (secondary N) is 1. The third-order valence-corrected chi connectivity index (χ3v) is 5.70. The van der Waals surface area contributed by atoms with Crippen molar-refractivity contribution >= 4 is 32.3 Å². The van der Waals surface area contributed by atoms with Crippen LogP contribution in [-0.2, 0) is 14.8 Å². The number of fused-ring (bicyclic) bond motifs is 1. The first-order valence-corrected chi connectivity index (χ1v) is 9.43. The van der Waals surface area contributed by atoms with Gasteiger partial charge in [0.05, 0.1) is 11.6 Å². The molecule has 1 unspecified atom stereocenters. The number of pyridine rings is 1. The summed E-state index contributed by atoms with van der Waals surface area (Å²) in [6.45, 7) is 0.165. The fraction of sp³-hybridized carbons (Fsp3) is 0.188. The molecule has 3 rings (SSSR count). The summed E-state index contributed by atoms with van der Waals surface area (Å²) in [4.78, 5) is 4.37. The van der Waals surface area contributed by atoms with Gasteiger partial charge >= 0.3 is 0 Å². The second kappa shape index (κ2) is 6.76. The largest absolute Gasteiger partial charge is 0.375 e. The highest BCUT2D eigenvalue weighted by atomic mass is 32.2. The maximum absolute atomic E-state index is 12.6. The summed E-state index contributed by atoms with van der Waals surface area (Å²) < 4.78 is 33.3. The fourth-order valence-corrected chi connectivity index (χ4v) is 4.26. The molecule has 0 aliphatic rings. The Morgan fingerprint density at radius 2 is 2.09 bits per heavy atom. The molecular formula is C16H16N2O3S2. The Morgan fingerprint density at radius 1 is 1.26 bits per heavy atom. The number of hydrogen-bond donors (Lipinski definition) is 1. The van der Waals surface area contributed by atoms with Gasteiger partial charge < -0.3 is 4.74 Å². The van der Waals surface area contributed by atoms with E-state index >= 15 is 0 Å². The smallest absolute Gasteiger partial charge is 0.242 e. The summed E-state index contributed by atoms with van der Waals surface area (Å²) in [6.07, 6.45) is 1.27. The average Bonchev–Trinajstić information content (AvgIpc) is 3.09. The molecule has 0 aliphatic heterocycles. The quantitative estimate of drug-likeness (QED) is 0.744. The summed E-state index contributed by atoms with van der Waals surface area (Å²) in [5.74, 6) is 0. The first-order chi connectivity index (χ1) is 11.1. The molecular weight excluding hydrogens is 332 g/mol. The van der Waals surface area contributed by atoms with E-state index in [-0.39, 0.29) is 17.5 Å². The van der Waals surface area contributed by atoms with Crippen molar-refractivity contribution in [3.05, 3.63) is 58.9 Å². The van der Waals surface area contributed by atoms with Gasteiger partial charge in [0, 0.05) is 25.2 Å². The van der Waals surface area contributed by atoms with Crippen molar-refractivity contribution in [2.45, 2.75) is 11.0 Å². The number of hydrogen-bond acceptors (Lipinski definition) is 5. The molecule has 7 heteroatoms. The zero-order valence-corrected chi connectivity index (χ0v) is 14.1. The van der Waals surface area contributed by atoms with E-state index in [0.29, 0.717) is 5.52 Å². The van der Waals surface area contributed by atoms with Gasteiger partial charge in [0.15, 0.2) is 0 Å². The van der Waals surface area contributed by atoms with E-state index in [1.165, 1.54) is 0 Å². The van der Waals surface area contributed by atoms with Gasteiger partial charge in [-0.1, -0.05) is 18.2 Å². The summed E-state index contributed by atoms with van der Waals surface area (Å²) in [7, 11) is -2.11. The van der Waals surface area contributed by atoms with E-state index in [9.17, 15) is 8.42 Å². The molecule has 0 bridgehead atoms. The molecule has 120 valence electrons. The van der Waals surface area contributed by atoms with E-state index in [1.807, 2.05) is 29.0 Å². The Balaban J connectivity index is 1.86. The Hall–Kier alpha value is -1.80. The second-order valence-corrected chi connectivity index (χ2v) is 7.48. The molecule has 2 heterocycles. The highest BCUT2D eigenvalue weighted by Gasteiger charge is 2.20. The Bertz CT molecular complexity index is 887. The number of sulfonamides is 1. The van der Waals surface area contributed by atoms with E-state index in [4.69, 9.17) is 4.74 Å². The molecule has 0 saturated heterocycles. The summed E-state index contributed by atoms with van der Waals surface area (Å²) in [5, 5.41) is 4.67. The van der Waals surface area contributed by atoms with Crippen molar-refractivity contribution < 1.29 is 13.2 Å². The number of rotatable bonds is 6. The van der Waals surface area contributed by atoms with Crippen LogP contribution < -0.4 is 4.72 Å². The van der Waals surface area contributed by atoms with Crippen molar-refractivity contribution in [1.29, 1.82) is 0 Å². The molecule has 3 aromatic rings. The van der Waals surface area contributed by atoms with E-state index < -0.39 is 10.0 Å². The minimum Gasteiger partial charge on any atom is -0.375 e. The molecule has 2 aromatic heterocycles. The van der Waals surface area contributed by atoms with Crippen LogP contribution in [0.15, 0.2) is 58.3 Å². The average molecular weight is 348 g/mol. The maximum Gasteiger partial charge on any atom is 0.242 e. The number of benzene rings is 1.